The number of hydrogen-bond donors (Lipinski definition) is 2. The van der Waals surface area contributed by atoms with Gasteiger partial charge in [0.2, 0.25) is 0 Å². The second-order valence-electron chi connectivity index (χ2n) is 3.48. The zero-order valence-corrected chi connectivity index (χ0v) is 10.6. The molecule has 2 aromatic heterocycles. The van der Waals surface area contributed by atoms with Gasteiger partial charge in [0.1, 0.15) is 6.04 Å². The van der Waals surface area contributed by atoms with Crippen LogP contribution in [-0.4, -0.2) is 19.6 Å². The van der Waals surface area contributed by atoms with Crippen molar-refractivity contribution in [1.82, 2.24) is 25.0 Å². The molecule has 0 amide bonds. The normalized spacial score (nSPS) is 13.0. The maximum Gasteiger partial charge on any atom is 0.106 e. The number of halogens is 1. The Kier molecular flexibility index (Phi) is 3.08. The van der Waals surface area contributed by atoms with Gasteiger partial charge in [-0.05, 0) is 22.0 Å². The molecule has 2 heterocycles. The van der Waals surface area contributed by atoms with Crippen molar-refractivity contribution in [2.75, 3.05) is 0 Å². The minimum atomic E-state index is -0.144. The first-order valence-corrected chi connectivity index (χ1v) is 5.56. The van der Waals surface area contributed by atoms with E-state index in [-0.39, 0.29) is 6.04 Å². The van der Waals surface area contributed by atoms with Crippen LogP contribution in [0.25, 0.3) is 0 Å². The van der Waals surface area contributed by atoms with Crippen LogP contribution in [0, 0.1) is 0 Å². The molecule has 1 unspecified atom stereocenters. The molecule has 0 saturated carbocycles. The Morgan fingerprint density at radius 2 is 2.12 bits per heavy atom. The Balaban J connectivity index is 2.49. The Morgan fingerprint density at radius 3 is 2.56 bits per heavy atom. The zero-order chi connectivity index (χ0) is 11.7. The predicted octanol–water partition coefficient (Wildman–Crippen LogP) is 0.469. The third-order valence-electron chi connectivity index (χ3n) is 2.53. The van der Waals surface area contributed by atoms with Crippen LogP contribution in [0.2, 0.25) is 0 Å². The van der Waals surface area contributed by atoms with Crippen molar-refractivity contribution in [2.24, 2.45) is 19.9 Å². The molecule has 0 fully saturated rings. The van der Waals surface area contributed by atoms with E-state index in [0.717, 1.165) is 15.9 Å². The van der Waals surface area contributed by atoms with Crippen LogP contribution in [0.15, 0.2) is 22.9 Å². The first kappa shape index (κ1) is 11.3. The smallest absolute Gasteiger partial charge is 0.106 e. The van der Waals surface area contributed by atoms with Crippen LogP contribution in [0.3, 0.4) is 0 Å². The molecule has 2 aromatic rings. The molecule has 0 radical (unpaired) electrons. The molecule has 0 aromatic carbocycles. The van der Waals surface area contributed by atoms with E-state index >= 15 is 0 Å². The van der Waals surface area contributed by atoms with Gasteiger partial charge in [-0.15, -0.1) is 0 Å². The van der Waals surface area contributed by atoms with E-state index in [9.17, 15) is 0 Å². The summed E-state index contributed by atoms with van der Waals surface area (Å²) in [6, 6.07) is 1.78. The van der Waals surface area contributed by atoms with Crippen molar-refractivity contribution >= 4 is 15.9 Å². The van der Waals surface area contributed by atoms with E-state index in [0.29, 0.717) is 0 Å². The summed E-state index contributed by atoms with van der Waals surface area (Å²) < 4.78 is 4.48. The van der Waals surface area contributed by atoms with Crippen LogP contribution in [-0.2, 0) is 14.1 Å². The van der Waals surface area contributed by atoms with Crippen LogP contribution >= 0.6 is 15.9 Å². The van der Waals surface area contributed by atoms with E-state index in [1.54, 1.807) is 21.8 Å². The maximum absolute atomic E-state index is 5.61. The molecule has 0 spiro atoms. The van der Waals surface area contributed by atoms with E-state index in [1.807, 2.05) is 20.2 Å². The van der Waals surface area contributed by atoms with Crippen molar-refractivity contribution in [2.45, 2.75) is 6.04 Å². The number of rotatable bonds is 3. The molecule has 2 rings (SSSR count). The molecule has 16 heavy (non-hydrogen) atoms. The Morgan fingerprint density at radius 1 is 1.38 bits per heavy atom. The fourth-order valence-corrected chi connectivity index (χ4v) is 2.29. The lowest BCUT2D eigenvalue weighted by Crippen LogP contribution is -2.32. The Hall–Kier alpha value is -1.18. The van der Waals surface area contributed by atoms with Crippen molar-refractivity contribution < 1.29 is 0 Å². The highest BCUT2D eigenvalue weighted by Gasteiger charge is 2.21. The first-order valence-electron chi connectivity index (χ1n) is 4.76. The zero-order valence-electron chi connectivity index (χ0n) is 9.05. The summed E-state index contributed by atoms with van der Waals surface area (Å²) in [5, 5.41) is 8.30. The lowest BCUT2D eigenvalue weighted by Gasteiger charge is -2.17. The monoisotopic (exact) mass is 284 g/mol. The van der Waals surface area contributed by atoms with Gasteiger partial charge >= 0.3 is 0 Å². The summed E-state index contributed by atoms with van der Waals surface area (Å²) in [5.41, 5.74) is 4.72. The summed E-state index contributed by atoms with van der Waals surface area (Å²) >= 11 is 3.46. The molecule has 7 heteroatoms. The molecule has 0 bridgehead atoms. The fraction of sp³-hybridized carbons (Fsp3) is 0.333. The minimum Gasteiger partial charge on any atom is -0.271 e. The van der Waals surface area contributed by atoms with Crippen LogP contribution in [0.4, 0.5) is 0 Å². The highest BCUT2D eigenvalue weighted by atomic mass is 79.9. The molecular weight excluding hydrogens is 272 g/mol. The van der Waals surface area contributed by atoms with E-state index in [1.165, 1.54) is 0 Å². The van der Waals surface area contributed by atoms with Crippen LogP contribution in [0.5, 0.6) is 0 Å². The lowest BCUT2D eigenvalue weighted by molar-refractivity contribution is 0.534. The largest absolute Gasteiger partial charge is 0.271 e. The van der Waals surface area contributed by atoms with Crippen LogP contribution < -0.4 is 11.3 Å². The number of nitrogens with two attached hydrogens (primary N) is 1. The van der Waals surface area contributed by atoms with Crippen molar-refractivity contribution in [3.63, 3.8) is 0 Å². The second kappa shape index (κ2) is 4.36. The van der Waals surface area contributed by atoms with Gasteiger partial charge in [0.05, 0.1) is 22.1 Å². The first-order chi connectivity index (χ1) is 7.65. The average Bonchev–Trinajstić information content (AvgIpc) is 2.80. The minimum absolute atomic E-state index is 0.144. The maximum atomic E-state index is 5.61. The van der Waals surface area contributed by atoms with Crippen molar-refractivity contribution in [3.8, 4) is 0 Å². The summed E-state index contributed by atoms with van der Waals surface area (Å²) in [6.07, 6.45) is 3.49. The summed E-state index contributed by atoms with van der Waals surface area (Å²) in [5.74, 6) is 5.61. The highest BCUT2D eigenvalue weighted by Crippen LogP contribution is 2.26. The van der Waals surface area contributed by atoms with Gasteiger partial charge in [-0.1, -0.05) is 0 Å². The third kappa shape index (κ3) is 1.77. The molecule has 3 N–H and O–H groups in total. The molecule has 0 aliphatic carbocycles. The summed E-state index contributed by atoms with van der Waals surface area (Å²) in [6.45, 7) is 0. The molecule has 0 aliphatic heterocycles. The van der Waals surface area contributed by atoms with Crippen molar-refractivity contribution in [3.05, 3.63) is 34.3 Å². The predicted molar refractivity (Wildman–Crippen MR) is 63.3 cm³/mol. The quantitative estimate of drug-likeness (QED) is 0.635. The molecule has 6 nitrogen and oxygen atoms in total. The van der Waals surface area contributed by atoms with Gasteiger partial charge < -0.3 is 0 Å². The standard InChI is InChI=1S/C9H13BrN6/c1-15-7(3-4-12-15)8(14-11)9-6(10)5-13-16(9)2/h3-5,8,14H,11H2,1-2H3. The van der Waals surface area contributed by atoms with Gasteiger partial charge in [-0.2, -0.15) is 10.2 Å². The van der Waals surface area contributed by atoms with Gasteiger partial charge in [-0.3, -0.25) is 15.2 Å². The lowest BCUT2D eigenvalue weighted by atomic mass is 10.1. The molecular formula is C9H13BrN6. The number of nitrogens with zero attached hydrogens (tertiary/aromatic N) is 4. The van der Waals surface area contributed by atoms with Crippen LogP contribution in [0.1, 0.15) is 17.4 Å². The molecule has 1 atom stereocenters. The van der Waals surface area contributed by atoms with E-state index < -0.39 is 0 Å². The Labute approximate surface area is 102 Å². The number of hydrogen-bond acceptors (Lipinski definition) is 4. The van der Waals surface area contributed by atoms with Crippen molar-refractivity contribution in [1.29, 1.82) is 0 Å². The second-order valence-corrected chi connectivity index (χ2v) is 4.34. The average molecular weight is 285 g/mol. The number of hydrazine groups is 1. The molecule has 86 valence electrons. The topological polar surface area (TPSA) is 73.7 Å². The van der Waals surface area contributed by atoms with Gasteiger partial charge in [0, 0.05) is 20.3 Å². The summed E-state index contributed by atoms with van der Waals surface area (Å²) in [7, 11) is 3.75. The summed E-state index contributed by atoms with van der Waals surface area (Å²) in [4.78, 5) is 0. The molecule has 0 saturated heterocycles. The molecule has 0 aliphatic rings. The SMILES string of the molecule is Cn1nccc1C(NN)c1c(Br)cnn1C. The Bertz CT molecular complexity index is 468. The fourth-order valence-electron chi connectivity index (χ4n) is 1.72. The van der Waals surface area contributed by atoms with E-state index in [4.69, 9.17) is 5.84 Å². The van der Waals surface area contributed by atoms with Gasteiger partial charge in [0.15, 0.2) is 0 Å². The number of aryl methyl sites for hydroxylation is 2. The number of aromatic nitrogens is 4. The third-order valence-corrected chi connectivity index (χ3v) is 3.14. The highest BCUT2D eigenvalue weighted by molar-refractivity contribution is 9.10. The van der Waals surface area contributed by atoms with Gasteiger partial charge in [0.25, 0.3) is 0 Å². The van der Waals surface area contributed by atoms with E-state index in [2.05, 4.69) is 31.6 Å². The van der Waals surface area contributed by atoms with Gasteiger partial charge in [-0.25, -0.2) is 5.43 Å². The number of nitrogens with one attached hydrogen (secondary N) is 1.